The van der Waals surface area contributed by atoms with Crippen LogP contribution in [0.5, 0.6) is 0 Å². The van der Waals surface area contributed by atoms with Crippen molar-refractivity contribution in [1.29, 1.82) is 0 Å². The van der Waals surface area contributed by atoms with Gasteiger partial charge in [0.25, 0.3) is 0 Å². The van der Waals surface area contributed by atoms with Crippen molar-refractivity contribution in [3.63, 3.8) is 0 Å². The van der Waals surface area contributed by atoms with Crippen LogP contribution < -0.4 is 16.3 Å². The summed E-state index contributed by atoms with van der Waals surface area (Å²) in [5, 5.41) is 0. The van der Waals surface area contributed by atoms with Gasteiger partial charge >= 0.3 is 11.4 Å². The number of nitrogens with one attached hydrogen (secondary N) is 1. The molecule has 94 valence electrons. The maximum absolute atomic E-state index is 11.9. The lowest BCUT2D eigenvalue weighted by Gasteiger charge is -2.22. The smallest absolute Gasteiger partial charge is 0.348 e. The fraction of sp³-hybridized carbons (Fsp3) is 0.727. The van der Waals surface area contributed by atoms with E-state index in [1.54, 1.807) is 19.0 Å². The second kappa shape index (κ2) is 4.73. The van der Waals surface area contributed by atoms with Crippen molar-refractivity contribution >= 4 is 5.95 Å². The highest BCUT2D eigenvalue weighted by atomic mass is 16.2. The molecule has 0 atom stereocenters. The first-order valence-electron chi connectivity index (χ1n) is 6.00. The van der Waals surface area contributed by atoms with Gasteiger partial charge in [-0.25, -0.2) is 14.2 Å². The Morgan fingerprint density at radius 3 is 2.41 bits per heavy atom. The molecule has 0 aromatic carbocycles. The first-order valence-corrected chi connectivity index (χ1v) is 6.00. The summed E-state index contributed by atoms with van der Waals surface area (Å²) in [6.45, 7) is 0. The van der Waals surface area contributed by atoms with Gasteiger partial charge in [-0.05, 0) is 12.8 Å². The third-order valence-electron chi connectivity index (χ3n) is 3.21. The van der Waals surface area contributed by atoms with Gasteiger partial charge < -0.3 is 4.90 Å². The van der Waals surface area contributed by atoms with Crippen LogP contribution in [0.15, 0.2) is 9.59 Å². The average Bonchev–Trinajstić information content (AvgIpc) is 2.29. The van der Waals surface area contributed by atoms with Crippen LogP contribution in [0.1, 0.15) is 38.1 Å². The number of H-pyrrole nitrogens is 1. The molecular formula is C11H18N4O2. The molecule has 6 nitrogen and oxygen atoms in total. The molecule has 1 heterocycles. The summed E-state index contributed by atoms with van der Waals surface area (Å²) in [5.41, 5.74) is -0.787. The van der Waals surface area contributed by atoms with E-state index in [1.807, 2.05) is 0 Å². The molecule has 1 saturated carbocycles. The molecular weight excluding hydrogens is 220 g/mol. The molecule has 1 aromatic rings. The van der Waals surface area contributed by atoms with Crippen LogP contribution in [-0.4, -0.2) is 28.6 Å². The first kappa shape index (κ1) is 11.9. The zero-order valence-electron chi connectivity index (χ0n) is 10.3. The molecule has 6 heteroatoms. The summed E-state index contributed by atoms with van der Waals surface area (Å²) >= 11 is 0. The Morgan fingerprint density at radius 1 is 1.24 bits per heavy atom. The molecule has 1 fully saturated rings. The molecule has 0 spiro atoms. The Bertz CT molecular complexity index is 466. The van der Waals surface area contributed by atoms with Crippen molar-refractivity contribution in [3.05, 3.63) is 21.0 Å². The standard InChI is InChI=1S/C11H18N4O2/c1-14(2)9-12-10(16)15(11(17)13-9)8-6-4-3-5-7-8/h8H,3-7H2,1-2H3,(H,12,13,16,17). The monoisotopic (exact) mass is 238 g/mol. The zero-order valence-corrected chi connectivity index (χ0v) is 10.3. The van der Waals surface area contributed by atoms with E-state index in [0.29, 0.717) is 5.95 Å². The summed E-state index contributed by atoms with van der Waals surface area (Å²) in [6.07, 6.45) is 5.13. The van der Waals surface area contributed by atoms with E-state index in [1.165, 1.54) is 11.0 Å². The number of aromatic nitrogens is 3. The molecule has 2 rings (SSSR count). The first-order chi connectivity index (χ1) is 8.09. The molecule has 1 aliphatic carbocycles. The third kappa shape index (κ3) is 2.40. The van der Waals surface area contributed by atoms with Crippen LogP contribution in [0.3, 0.4) is 0 Å². The third-order valence-corrected chi connectivity index (χ3v) is 3.21. The van der Waals surface area contributed by atoms with E-state index in [9.17, 15) is 9.59 Å². The molecule has 1 aliphatic rings. The lowest BCUT2D eigenvalue weighted by molar-refractivity contribution is 0.332. The van der Waals surface area contributed by atoms with Gasteiger partial charge in [0, 0.05) is 20.1 Å². The Kier molecular flexibility index (Phi) is 3.31. The predicted molar refractivity (Wildman–Crippen MR) is 65.6 cm³/mol. The second-order valence-corrected chi connectivity index (χ2v) is 4.70. The molecule has 0 radical (unpaired) electrons. The van der Waals surface area contributed by atoms with E-state index < -0.39 is 5.69 Å². The number of hydrogen-bond acceptors (Lipinski definition) is 4. The maximum atomic E-state index is 11.9. The zero-order chi connectivity index (χ0) is 12.4. The van der Waals surface area contributed by atoms with Gasteiger partial charge in [0.2, 0.25) is 5.95 Å². The fourth-order valence-corrected chi connectivity index (χ4v) is 2.29. The Morgan fingerprint density at radius 2 is 1.88 bits per heavy atom. The van der Waals surface area contributed by atoms with Crippen molar-refractivity contribution in [2.75, 3.05) is 19.0 Å². The quantitative estimate of drug-likeness (QED) is 0.814. The van der Waals surface area contributed by atoms with Gasteiger partial charge in [-0.1, -0.05) is 19.3 Å². The van der Waals surface area contributed by atoms with E-state index in [-0.39, 0.29) is 11.7 Å². The van der Waals surface area contributed by atoms with Crippen molar-refractivity contribution < 1.29 is 0 Å². The van der Waals surface area contributed by atoms with Crippen LogP contribution in [0, 0.1) is 0 Å². The molecule has 0 bridgehead atoms. The van der Waals surface area contributed by atoms with Gasteiger partial charge in [-0.15, -0.1) is 0 Å². The second-order valence-electron chi connectivity index (χ2n) is 4.70. The van der Waals surface area contributed by atoms with Gasteiger partial charge in [0.1, 0.15) is 0 Å². The maximum Gasteiger partial charge on any atom is 0.355 e. The van der Waals surface area contributed by atoms with Crippen molar-refractivity contribution in [3.8, 4) is 0 Å². The summed E-state index contributed by atoms with van der Waals surface area (Å²) in [4.78, 5) is 31.9. The number of aromatic amines is 1. The summed E-state index contributed by atoms with van der Waals surface area (Å²) in [5.74, 6) is 0.312. The SMILES string of the molecule is CN(C)c1nc(=O)n(C2CCCCC2)c(=O)[nH]1. The highest BCUT2D eigenvalue weighted by molar-refractivity contribution is 5.23. The minimum atomic E-state index is -0.440. The van der Waals surface area contributed by atoms with Crippen molar-refractivity contribution in [2.24, 2.45) is 0 Å². The van der Waals surface area contributed by atoms with Crippen molar-refractivity contribution in [1.82, 2.24) is 14.5 Å². The van der Waals surface area contributed by atoms with Crippen LogP contribution in [0.25, 0.3) is 0 Å². The van der Waals surface area contributed by atoms with Gasteiger partial charge in [0.05, 0.1) is 0 Å². The molecule has 0 aliphatic heterocycles. The summed E-state index contributed by atoms with van der Waals surface area (Å²) in [6, 6.07) is 0.0173. The van der Waals surface area contributed by atoms with Crippen molar-refractivity contribution in [2.45, 2.75) is 38.1 Å². The normalized spacial score (nSPS) is 17.1. The van der Waals surface area contributed by atoms with Crippen LogP contribution in [0.4, 0.5) is 5.95 Å². The minimum Gasteiger partial charge on any atom is -0.348 e. The number of anilines is 1. The van der Waals surface area contributed by atoms with E-state index in [4.69, 9.17) is 0 Å². The van der Waals surface area contributed by atoms with Crippen LogP contribution >= 0.6 is 0 Å². The lowest BCUT2D eigenvalue weighted by Crippen LogP contribution is -2.41. The summed E-state index contributed by atoms with van der Waals surface area (Å²) in [7, 11) is 3.48. The average molecular weight is 238 g/mol. The molecule has 1 N–H and O–H groups in total. The fourth-order valence-electron chi connectivity index (χ4n) is 2.29. The highest BCUT2D eigenvalue weighted by Gasteiger charge is 2.19. The molecule has 0 amide bonds. The van der Waals surface area contributed by atoms with E-state index >= 15 is 0 Å². The number of hydrogen-bond donors (Lipinski definition) is 1. The molecule has 1 aromatic heterocycles. The molecule has 0 unspecified atom stereocenters. The number of rotatable bonds is 2. The van der Waals surface area contributed by atoms with Crippen LogP contribution in [-0.2, 0) is 0 Å². The van der Waals surface area contributed by atoms with E-state index in [2.05, 4.69) is 9.97 Å². The van der Waals surface area contributed by atoms with Gasteiger partial charge in [-0.2, -0.15) is 4.98 Å². The highest BCUT2D eigenvalue weighted by Crippen LogP contribution is 2.25. The van der Waals surface area contributed by atoms with Crippen LogP contribution in [0.2, 0.25) is 0 Å². The Hall–Kier alpha value is -1.59. The largest absolute Gasteiger partial charge is 0.355 e. The topological polar surface area (TPSA) is 71.0 Å². The Labute approximate surface area is 99.3 Å². The lowest BCUT2D eigenvalue weighted by atomic mass is 9.95. The van der Waals surface area contributed by atoms with Gasteiger partial charge in [0.15, 0.2) is 0 Å². The molecule has 0 saturated heterocycles. The predicted octanol–water partition coefficient (Wildman–Crippen LogP) is 0.503. The molecule has 17 heavy (non-hydrogen) atoms. The summed E-state index contributed by atoms with van der Waals surface area (Å²) < 4.78 is 1.27. The Balaban J connectivity index is 2.41. The number of nitrogens with zero attached hydrogens (tertiary/aromatic N) is 3. The minimum absolute atomic E-state index is 0.0173. The van der Waals surface area contributed by atoms with Gasteiger partial charge in [-0.3, -0.25) is 4.98 Å². The van der Waals surface area contributed by atoms with E-state index in [0.717, 1.165) is 25.7 Å².